The third-order valence-electron chi connectivity index (χ3n) is 3.09. The normalized spacial score (nSPS) is 18.0. The zero-order valence-corrected chi connectivity index (χ0v) is 10.2. The van der Waals surface area contributed by atoms with Crippen LogP contribution >= 0.6 is 0 Å². The maximum atomic E-state index is 12.1. The number of aryl methyl sites for hydroxylation is 1. The fraction of sp³-hybridized carbons (Fsp3) is 0.583. The highest BCUT2D eigenvalue weighted by atomic mass is 16.5. The van der Waals surface area contributed by atoms with Crippen molar-refractivity contribution in [3.63, 3.8) is 0 Å². The minimum absolute atomic E-state index is 0.254. The standard InChI is InChI=1S/C12H15N3O3/c1-9-6-10(18-15-9)7-14-11(16)12(8-13)2-4-17-5-3-12/h6H,2-5,7H2,1H3,(H,14,16). The second-order valence-corrected chi connectivity index (χ2v) is 4.42. The van der Waals surface area contributed by atoms with Gasteiger partial charge < -0.3 is 14.6 Å². The molecule has 6 heteroatoms. The summed E-state index contributed by atoms with van der Waals surface area (Å²) < 4.78 is 10.2. The van der Waals surface area contributed by atoms with Crippen molar-refractivity contribution in [2.75, 3.05) is 13.2 Å². The van der Waals surface area contributed by atoms with E-state index in [2.05, 4.69) is 16.5 Å². The minimum Gasteiger partial charge on any atom is -0.381 e. The predicted molar refractivity (Wildman–Crippen MR) is 61.2 cm³/mol. The second-order valence-electron chi connectivity index (χ2n) is 4.42. The molecule has 1 amide bonds. The minimum atomic E-state index is -0.965. The van der Waals surface area contributed by atoms with E-state index in [0.29, 0.717) is 31.8 Å². The van der Waals surface area contributed by atoms with Gasteiger partial charge in [-0.2, -0.15) is 5.26 Å². The van der Waals surface area contributed by atoms with Crippen LogP contribution in [-0.4, -0.2) is 24.3 Å². The summed E-state index contributed by atoms with van der Waals surface area (Å²) >= 11 is 0. The van der Waals surface area contributed by atoms with Crippen molar-refractivity contribution in [3.05, 3.63) is 17.5 Å². The molecule has 1 saturated heterocycles. The Labute approximate surface area is 105 Å². The lowest BCUT2D eigenvalue weighted by molar-refractivity contribution is -0.132. The van der Waals surface area contributed by atoms with E-state index in [9.17, 15) is 10.1 Å². The van der Waals surface area contributed by atoms with E-state index in [1.807, 2.05) is 6.92 Å². The lowest BCUT2D eigenvalue weighted by atomic mass is 9.81. The van der Waals surface area contributed by atoms with Crippen LogP contribution in [0.2, 0.25) is 0 Å². The first kappa shape index (κ1) is 12.6. The Balaban J connectivity index is 1.96. The fourth-order valence-electron chi connectivity index (χ4n) is 1.95. The Morgan fingerprint density at radius 2 is 2.33 bits per heavy atom. The highest BCUT2D eigenvalue weighted by Gasteiger charge is 2.40. The number of aromatic nitrogens is 1. The zero-order chi connectivity index (χ0) is 13.0. The van der Waals surface area contributed by atoms with Crippen molar-refractivity contribution in [1.29, 1.82) is 5.26 Å². The molecule has 1 fully saturated rings. The largest absolute Gasteiger partial charge is 0.381 e. The Morgan fingerprint density at radius 3 is 2.89 bits per heavy atom. The number of rotatable bonds is 3. The van der Waals surface area contributed by atoms with Crippen molar-refractivity contribution < 1.29 is 14.1 Å². The SMILES string of the molecule is Cc1cc(CNC(=O)C2(C#N)CCOCC2)on1. The molecule has 0 saturated carbocycles. The summed E-state index contributed by atoms with van der Waals surface area (Å²) in [6, 6.07) is 3.87. The van der Waals surface area contributed by atoms with Gasteiger partial charge in [0.05, 0.1) is 18.3 Å². The summed E-state index contributed by atoms with van der Waals surface area (Å²) in [7, 11) is 0. The zero-order valence-electron chi connectivity index (χ0n) is 10.2. The van der Waals surface area contributed by atoms with Crippen LogP contribution in [-0.2, 0) is 16.1 Å². The number of nitriles is 1. The van der Waals surface area contributed by atoms with Gasteiger partial charge in [0.15, 0.2) is 5.76 Å². The van der Waals surface area contributed by atoms with Gasteiger partial charge in [0.2, 0.25) is 5.91 Å². The molecule has 0 radical (unpaired) electrons. The van der Waals surface area contributed by atoms with E-state index in [-0.39, 0.29) is 12.5 Å². The molecule has 1 N–H and O–H groups in total. The first-order valence-corrected chi connectivity index (χ1v) is 5.86. The van der Waals surface area contributed by atoms with E-state index in [0.717, 1.165) is 5.69 Å². The predicted octanol–water partition coefficient (Wildman–Crippen LogP) is 0.920. The van der Waals surface area contributed by atoms with Crippen LogP contribution in [0, 0.1) is 23.7 Å². The number of hydrogen-bond donors (Lipinski definition) is 1. The fourth-order valence-corrected chi connectivity index (χ4v) is 1.95. The molecule has 96 valence electrons. The molecular formula is C12H15N3O3. The van der Waals surface area contributed by atoms with Gasteiger partial charge in [-0.1, -0.05) is 5.16 Å². The lowest BCUT2D eigenvalue weighted by Gasteiger charge is -2.28. The summed E-state index contributed by atoms with van der Waals surface area (Å²) in [6.45, 7) is 2.96. The molecule has 0 aliphatic carbocycles. The van der Waals surface area contributed by atoms with Gasteiger partial charge in [0.25, 0.3) is 0 Å². The number of ether oxygens (including phenoxy) is 1. The average Bonchev–Trinajstić information content (AvgIpc) is 2.82. The van der Waals surface area contributed by atoms with Crippen LogP contribution in [0.1, 0.15) is 24.3 Å². The number of amides is 1. The molecule has 18 heavy (non-hydrogen) atoms. The third kappa shape index (κ3) is 2.51. The van der Waals surface area contributed by atoms with Crippen LogP contribution in [0.4, 0.5) is 0 Å². The van der Waals surface area contributed by atoms with Gasteiger partial charge in [-0.3, -0.25) is 4.79 Å². The summed E-state index contributed by atoms with van der Waals surface area (Å²) in [6.07, 6.45) is 0.871. The van der Waals surface area contributed by atoms with Gasteiger partial charge in [0, 0.05) is 19.3 Å². The maximum absolute atomic E-state index is 12.1. The molecule has 1 aliphatic rings. The number of carbonyl (C=O) groups excluding carboxylic acids is 1. The first-order valence-electron chi connectivity index (χ1n) is 5.86. The Bertz CT molecular complexity index is 469. The van der Waals surface area contributed by atoms with E-state index in [1.165, 1.54) is 0 Å². The average molecular weight is 249 g/mol. The maximum Gasteiger partial charge on any atom is 0.241 e. The quantitative estimate of drug-likeness (QED) is 0.860. The van der Waals surface area contributed by atoms with Crippen LogP contribution in [0.5, 0.6) is 0 Å². The first-order chi connectivity index (χ1) is 8.66. The molecule has 0 aromatic carbocycles. The molecule has 0 atom stereocenters. The monoisotopic (exact) mass is 249 g/mol. The molecule has 0 bridgehead atoms. The van der Waals surface area contributed by atoms with E-state index in [4.69, 9.17) is 9.26 Å². The molecule has 0 unspecified atom stereocenters. The molecule has 6 nitrogen and oxygen atoms in total. The number of nitrogens with one attached hydrogen (secondary N) is 1. The van der Waals surface area contributed by atoms with Crippen molar-refractivity contribution in [1.82, 2.24) is 10.5 Å². The van der Waals surface area contributed by atoms with Crippen LogP contribution in [0.3, 0.4) is 0 Å². The van der Waals surface area contributed by atoms with Crippen molar-refractivity contribution in [2.24, 2.45) is 5.41 Å². The number of hydrogen-bond acceptors (Lipinski definition) is 5. The molecule has 1 aromatic heterocycles. The summed E-state index contributed by atoms with van der Waals surface area (Å²) in [4.78, 5) is 12.1. The number of nitrogens with zero attached hydrogens (tertiary/aromatic N) is 2. The molecule has 1 aliphatic heterocycles. The van der Waals surface area contributed by atoms with Crippen LogP contribution < -0.4 is 5.32 Å². The van der Waals surface area contributed by atoms with Crippen LogP contribution in [0.25, 0.3) is 0 Å². The summed E-state index contributed by atoms with van der Waals surface area (Å²) in [5, 5.41) is 15.7. The van der Waals surface area contributed by atoms with E-state index >= 15 is 0 Å². The van der Waals surface area contributed by atoms with Gasteiger partial charge in [-0.25, -0.2) is 0 Å². The van der Waals surface area contributed by atoms with Gasteiger partial charge in [0.1, 0.15) is 5.41 Å². The van der Waals surface area contributed by atoms with Crippen molar-refractivity contribution in [2.45, 2.75) is 26.3 Å². The Kier molecular flexibility index (Phi) is 3.63. The van der Waals surface area contributed by atoms with Gasteiger partial charge >= 0.3 is 0 Å². The molecule has 2 heterocycles. The topological polar surface area (TPSA) is 88.2 Å². The Morgan fingerprint density at radius 1 is 1.61 bits per heavy atom. The summed E-state index contributed by atoms with van der Waals surface area (Å²) in [5.74, 6) is 0.323. The van der Waals surface area contributed by atoms with E-state index in [1.54, 1.807) is 6.07 Å². The van der Waals surface area contributed by atoms with E-state index < -0.39 is 5.41 Å². The highest BCUT2D eigenvalue weighted by Crippen LogP contribution is 2.29. The molecule has 1 aromatic rings. The second kappa shape index (κ2) is 5.19. The highest BCUT2D eigenvalue weighted by molar-refractivity contribution is 5.85. The van der Waals surface area contributed by atoms with Crippen molar-refractivity contribution >= 4 is 5.91 Å². The lowest BCUT2D eigenvalue weighted by Crippen LogP contribution is -2.43. The molecule has 2 rings (SSSR count). The molecule has 0 spiro atoms. The molecular weight excluding hydrogens is 234 g/mol. The third-order valence-corrected chi connectivity index (χ3v) is 3.09. The number of carbonyl (C=O) groups is 1. The van der Waals surface area contributed by atoms with Crippen molar-refractivity contribution in [3.8, 4) is 6.07 Å². The Hall–Kier alpha value is -1.87. The smallest absolute Gasteiger partial charge is 0.241 e. The van der Waals surface area contributed by atoms with Gasteiger partial charge in [-0.05, 0) is 19.8 Å². The van der Waals surface area contributed by atoms with Gasteiger partial charge in [-0.15, -0.1) is 0 Å². The summed E-state index contributed by atoms with van der Waals surface area (Å²) in [5.41, 5.74) is -0.201. The van der Waals surface area contributed by atoms with Crippen LogP contribution in [0.15, 0.2) is 10.6 Å².